The zero-order valence-electron chi connectivity index (χ0n) is 15.3. The van der Waals surface area contributed by atoms with Crippen LogP contribution in [0.25, 0.3) is 0 Å². The summed E-state index contributed by atoms with van der Waals surface area (Å²) < 4.78 is 11.2. The highest BCUT2D eigenvalue weighted by Crippen LogP contribution is 2.34. The van der Waals surface area contributed by atoms with Crippen molar-refractivity contribution in [3.05, 3.63) is 34.2 Å². The summed E-state index contributed by atoms with van der Waals surface area (Å²) >= 11 is 5.50. The Morgan fingerprint density at radius 1 is 1.26 bits per heavy atom. The quantitative estimate of drug-likeness (QED) is 0.575. The predicted octanol–water partition coefficient (Wildman–Crippen LogP) is 0.247. The number of carbonyl (C=O) groups is 2. The van der Waals surface area contributed by atoms with E-state index in [2.05, 4.69) is 10.1 Å². The zero-order valence-corrected chi connectivity index (χ0v) is 16.2. The van der Waals surface area contributed by atoms with E-state index in [0.29, 0.717) is 30.7 Å². The van der Waals surface area contributed by atoms with E-state index in [4.69, 9.17) is 17.0 Å². The molecule has 0 radical (unpaired) electrons. The van der Waals surface area contributed by atoms with Gasteiger partial charge in [0.2, 0.25) is 0 Å². The van der Waals surface area contributed by atoms with Gasteiger partial charge in [-0.25, -0.2) is 4.79 Å². The number of thiocarbonyl (C=S) groups is 1. The fourth-order valence-corrected chi connectivity index (χ4v) is 4.18. The highest BCUT2D eigenvalue weighted by molar-refractivity contribution is 7.80. The summed E-state index contributed by atoms with van der Waals surface area (Å²) in [6.45, 7) is 2.00. The third-order valence-corrected chi connectivity index (χ3v) is 5.52. The summed E-state index contributed by atoms with van der Waals surface area (Å²) in [5.74, 6) is -0.599. The first kappa shape index (κ1) is 19.3. The van der Waals surface area contributed by atoms with Crippen molar-refractivity contribution in [3.8, 4) is 0 Å². The maximum Gasteiger partial charge on any atom is 0.328 e. The van der Waals surface area contributed by atoms with Gasteiger partial charge < -0.3 is 24.3 Å². The fraction of sp³-hybridized carbons (Fsp3) is 0.556. The van der Waals surface area contributed by atoms with Crippen LogP contribution in [0.15, 0.2) is 23.0 Å². The number of piperidine rings is 1. The number of hydrogen-bond donors (Lipinski definition) is 1. The molecule has 8 nitrogen and oxygen atoms in total. The molecule has 3 atom stereocenters. The Hall–Kier alpha value is -2.42. The van der Waals surface area contributed by atoms with Crippen molar-refractivity contribution in [2.45, 2.75) is 31.3 Å². The van der Waals surface area contributed by atoms with Crippen molar-refractivity contribution in [1.82, 2.24) is 14.8 Å². The van der Waals surface area contributed by atoms with Gasteiger partial charge >= 0.3 is 11.9 Å². The van der Waals surface area contributed by atoms with Gasteiger partial charge in [0.25, 0.3) is 5.56 Å². The number of methoxy groups -OCH3 is 2. The number of nitrogens with zero attached hydrogens (tertiary/aromatic N) is 2. The van der Waals surface area contributed by atoms with Crippen LogP contribution in [0.1, 0.15) is 24.5 Å². The highest BCUT2D eigenvalue weighted by atomic mass is 32.1. The molecule has 2 unspecified atom stereocenters. The van der Waals surface area contributed by atoms with Crippen LogP contribution < -0.4 is 10.9 Å². The minimum atomic E-state index is -0.897. The van der Waals surface area contributed by atoms with E-state index < -0.39 is 18.0 Å². The first-order valence-corrected chi connectivity index (χ1v) is 9.23. The fourth-order valence-electron chi connectivity index (χ4n) is 3.89. The van der Waals surface area contributed by atoms with Crippen LogP contribution in [0.4, 0.5) is 0 Å². The number of fused-ring (bicyclic) bond motifs is 4. The summed E-state index contributed by atoms with van der Waals surface area (Å²) in [5.41, 5.74) is 1.05. The van der Waals surface area contributed by atoms with Crippen molar-refractivity contribution in [2.24, 2.45) is 5.92 Å². The lowest BCUT2D eigenvalue weighted by atomic mass is 9.83. The molecule has 0 aliphatic carbocycles. The molecule has 1 aromatic rings. The predicted molar refractivity (Wildman–Crippen MR) is 101 cm³/mol. The Bertz CT molecular complexity index is 808. The van der Waals surface area contributed by atoms with Crippen LogP contribution in [0.3, 0.4) is 0 Å². The van der Waals surface area contributed by atoms with Crippen molar-refractivity contribution in [1.29, 1.82) is 0 Å². The molecular weight excluding hydrogens is 370 g/mol. The number of nitrogens with one attached hydrogen (secondary N) is 1. The third kappa shape index (κ3) is 4.13. The molecule has 1 aromatic heterocycles. The van der Waals surface area contributed by atoms with Crippen LogP contribution in [-0.4, -0.2) is 59.9 Å². The smallest absolute Gasteiger partial charge is 0.328 e. The molecule has 2 aliphatic heterocycles. The molecule has 1 saturated heterocycles. The molecule has 27 heavy (non-hydrogen) atoms. The zero-order chi connectivity index (χ0) is 19.6. The topological polar surface area (TPSA) is 89.9 Å². The molecule has 0 saturated carbocycles. The van der Waals surface area contributed by atoms with Crippen LogP contribution in [0.2, 0.25) is 0 Å². The Morgan fingerprint density at radius 2 is 2.04 bits per heavy atom. The van der Waals surface area contributed by atoms with Crippen molar-refractivity contribution >= 4 is 29.3 Å². The molecule has 0 spiro atoms. The van der Waals surface area contributed by atoms with E-state index in [9.17, 15) is 14.4 Å². The molecule has 3 heterocycles. The van der Waals surface area contributed by atoms with Crippen LogP contribution in [-0.2, 0) is 25.6 Å². The van der Waals surface area contributed by atoms with Gasteiger partial charge in [0.15, 0.2) is 5.11 Å². The maximum absolute atomic E-state index is 12.1. The van der Waals surface area contributed by atoms with Crippen LogP contribution in [0.5, 0.6) is 0 Å². The number of rotatable bonds is 4. The lowest BCUT2D eigenvalue weighted by Crippen LogP contribution is -2.55. The molecule has 0 aromatic carbocycles. The van der Waals surface area contributed by atoms with Gasteiger partial charge in [-0.05, 0) is 30.6 Å². The van der Waals surface area contributed by atoms with E-state index in [-0.39, 0.29) is 17.9 Å². The van der Waals surface area contributed by atoms with Gasteiger partial charge in [0, 0.05) is 37.3 Å². The van der Waals surface area contributed by atoms with Crippen LogP contribution >= 0.6 is 12.2 Å². The average Bonchev–Trinajstić information content (AvgIpc) is 2.67. The Labute approximate surface area is 162 Å². The summed E-state index contributed by atoms with van der Waals surface area (Å²) in [7, 11) is 2.53. The minimum Gasteiger partial charge on any atom is -0.469 e. The van der Waals surface area contributed by atoms with Gasteiger partial charge in [-0.15, -0.1) is 0 Å². The molecule has 146 valence electrons. The molecule has 3 rings (SSSR count). The largest absolute Gasteiger partial charge is 0.469 e. The van der Waals surface area contributed by atoms with E-state index in [0.717, 1.165) is 12.1 Å². The summed E-state index contributed by atoms with van der Waals surface area (Å²) in [5, 5.41) is 3.34. The van der Waals surface area contributed by atoms with E-state index in [1.807, 2.05) is 15.5 Å². The molecule has 9 heteroatoms. The lowest BCUT2D eigenvalue weighted by Gasteiger charge is -2.44. The maximum atomic E-state index is 12.1. The molecule has 1 fully saturated rings. The second kappa shape index (κ2) is 8.08. The Morgan fingerprint density at radius 3 is 2.74 bits per heavy atom. The van der Waals surface area contributed by atoms with Crippen molar-refractivity contribution in [2.75, 3.05) is 27.3 Å². The van der Waals surface area contributed by atoms with Crippen LogP contribution in [0, 0.1) is 5.92 Å². The number of aromatic nitrogens is 1. The van der Waals surface area contributed by atoms with Crippen molar-refractivity contribution < 1.29 is 19.1 Å². The van der Waals surface area contributed by atoms with E-state index in [1.54, 1.807) is 12.1 Å². The Balaban J connectivity index is 1.72. The molecule has 2 bridgehead atoms. The molecule has 2 aliphatic rings. The number of carbonyl (C=O) groups excluding carboxylic acids is 2. The summed E-state index contributed by atoms with van der Waals surface area (Å²) in [4.78, 5) is 37.7. The summed E-state index contributed by atoms with van der Waals surface area (Å²) in [6, 6.07) is 4.46. The van der Waals surface area contributed by atoms with Gasteiger partial charge in [0.1, 0.15) is 6.04 Å². The van der Waals surface area contributed by atoms with Gasteiger partial charge in [-0.2, -0.15) is 0 Å². The molecule has 1 N–H and O–H groups in total. The first-order chi connectivity index (χ1) is 12.9. The van der Waals surface area contributed by atoms with Gasteiger partial charge in [-0.3, -0.25) is 9.59 Å². The SMILES string of the molecule is COC(=O)CC(NC(=S)N1CC2C[C@@H](C1)Cn1c2cccc1=O)C(=O)OC. The second-order valence-corrected chi connectivity index (χ2v) is 7.30. The van der Waals surface area contributed by atoms with Gasteiger partial charge in [-0.1, -0.05) is 6.07 Å². The Kier molecular flexibility index (Phi) is 5.79. The number of hydrogen-bond acceptors (Lipinski definition) is 6. The van der Waals surface area contributed by atoms with E-state index >= 15 is 0 Å². The average molecular weight is 393 g/mol. The molecular formula is C18H23N3O5S. The number of esters is 2. The third-order valence-electron chi connectivity index (χ3n) is 5.15. The number of likely N-dealkylation sites (tertiary alicyclic amines) is 1. The first-order valence-electron chi connectivity index (χ1n) is 8.82. The minimum absolute atomic E-state index is 0.0279. The lowest BCUT2D eigenvalue weighted by molar-refractivity contribution is -0.149. The van der Waals surface area contributed by atoms with Crippen molar-refractivity contribution in [3.63, 3.8) is 0 Å². The van der Waals surface area contributed by atoms with E-state index in [1.165, 1.54) is 14.2 Å². The summed E-state index contributed by atoms with van der Waals surface area (Å²) in [6.07, 6.45) is 0.841. The standard InChI is InChI=1S/C18H23N3O5S/c1-25-16(23)7-13(17(24)26-2)19-18(27)20-8-11-6-12(10-20)14-4-3-5-15(22)21(14)9-11/h3-5,11-13H,6-10H2,1-2H3,(H,19,27)/t11-,12?,13?/m0/s1. The molecule has 0 amide bonds. The number of pyridine rings is 1. The van der Waals surface area contributed by atoms with Gasteiger partial charge in [0.05, 0.1) is 20.6 Å². The highest BCUT2D eigenvalue weighted by Gasteiger charge is 2.36. The number of ether oxygens (including phenoxy) is 2. The normalized spacial score (nSPS) is 21.6. The second-order valence-electron chi connectivity index (χ2n) is 6.91. The monoisotopic (exact) mass is 393 g/mol.